The molecule has 1 saturated heterocycles. The standard InChI is InChI=1S/C13H25NO2/c1-3-4-12(11-5-6-11)14-8-7-13(2)15-9-10-16-13/h11-12,14H,3-10H2,1-2H3. The molecule has 0 spiro atoms. The Morgan fingerprint density at radius 1 is 1.31 bits per heavy atom. The summed E-state index contributed by atoms with van der Waals surface area (Å²) in [5.41, 5.74) is 0. The fraction of sp³-hybridized carbons (Fsp3) is 1.00. The van der Waals surface area contributed by atoms with Gasteiger partial charge in [-0.15, -0.1) is 0 Å². The van der Waals surface area contributed by atoms with Crippen molar-refractivity contribution >= 4 is 0 Å². The first-order valence-corrected chi connectivity index (χ1v) is 6.75. The molecule has 1 aliphatic heterocycles. The Bertz CT molecular complexity index is 210. The highest BCUT2D eigenvalue weighted by Gasteiger charge is 2.33. The second-order valence-corrected chi connectivity index (χ2v) is 5.27. The van der Waals surface area contributed by atoms with Crippen LogP contribution < -0.4 is 5.32 Å². The van der Waals surface area contributed by atoms with E-state index in [2.05, 4.69) is 12.2 Å². The number of ether oxygens (including phenoxy) is 2. The minimum Gasteiger partial charge on any atom is -0.348 e. The predicted molar refractivity (Wildman–Crippen MR) is 64.3 cm³/mol. The molecule has 0 bridgehead atoms. The van der Waals surface area contributed by atoms with Crippen LogP contribution in [0.5, 0.6) is 0 Å². The van der Waals surface area contributed by atoms with Gasteiger partial charge in [-0.3, -0.25) is 0 Å². The molecule has 0 aromatic rings. The van der Waals surface area contributed by atoms with Crippen molar-refractivity contribution in [1.82, 2.24) is 5.32 Å². The number of rotatable bonds is 7. The molecule has 1 N–H and O–H groups in total. The summed E-state index contributed by atoms with van der Waals surface area (Å²) in [5, 5.41) is 3.67. The molecule has 2 fully saturated rings. The summed E-state index contributed by atoms with van der Waals surface area (Å²) in [6.45, 7) is 6.82. The lowest BCUT2D eigenvalue weighted by atomic mass is 10.1. The van der Waals surface area contributed by atoms with Crippen LogP contribution in [0.3, 0.4) is 0 Å². The van der Waals surface area contributed by atoms with E-state index in [1.54, 1.807) is 0 Å². The Morgan fingerprint density at radius 2 is 2.00 bits per heavy atom. The topological polar surface area (TPSA) is 30.5 Å². The molecule has 0 radical (unpaired) electrons. The normalized spacial score (nSPS) is 25.9. The first-order valence-electron chi connectivity index (χ1n) is 6.75. The molecule has 2 aliphatic rings. The molecule has 1 saturated carbocycles. The van der Waals surface area contributed by atoms with Crippen LogP contribution in [0.15, 0.2) is 0 Å². The fourth-order valence-corrected chi connectivity index (χ4v) is 2.50. The van der Waals surface area contributed by atoms with Gasteiger partial charge in [0.25, 0.3) is 0 Å². The van der Waals surface area contributed by atoms with Crippen molar-refractivity contribution < 1.29 is 9.47 Å². The zero-order chi connectivity index (χ0) is 11.4. The molecule has 0 aromatic heterocycles. The summed E-state index contributed by atoms with van der Waals surface area (Å²) in [6, 6.07) is 0.731. The van der Waals surface area contributed by atoms with Gasteiger partial charge in [0.15, 0.2) is 5.79 Å². The molecule has 2 rings (SSSR count). The summed E-state index contributed by atoms with van der Waals surface area (Å²) in [6.07, 6.45) is 6.38. The van der Waals surface area contributed by atoms with E-state index in [4.69, 9.17) is 9.47 Å². The molecule has 3 heteroatoms. The van der Waals surface area contributed by atoms with E-state index in [1.807, 2.05) is 6.92 Å². The summed E-state index contributed by atoms with van der Waals surface area (Å²) in [7, 11) is 0. The van der Waals surface area contributed by atoms with Gasteiger partial charge >= 0.3 is 0 Å². The van der Waals surface area contributed by atoms with E-state index in [-0.39, 0.29) is 5.79 Å². The highest BCUT2D eigenvalue weighted by atomic mass is 16.7. The summed E-state index contributed by atoms with van der Waals surface area (Å²) in [5.74, 6) is 0.617. The van der Waals surface area contributed by atoms with Gasteiger partial charge in [0.1, 0.15) is 0 Å². The molecular weight excluding hydrogens is 202 g/mol. The Labute approximate surface area is 98.9 Å². The maximum atomic E-state index is 5.60. The van der Waals surface area contributed by atoms with Gasteiger partial charge in [-0.1, -0.05) is 13.3 Å². The zero-order valence-electron chi connectivity index (χ0n) is 10.6. The van der Waals surface area contributed by atoms with Crippen molar-refractivity contribution in [1.29, 1.82) is 0 Å². The lowest BCUT2D eigenvalue weighted by molar-refractivity contribution is -0.145. The van der Waals surface area contributed by atoms with E-state index in [0.29, 0.717) is 0 Å². The van der Waals surface area contributed by atoms with E-state index < -0.39 is 0 Å². The Kier molecular flexibility index (Phi) is 4.22. The molecule has 0 amide bonds. The third-order valence-corrected chi connectivity index (χ3v) is 3.67. The van der Waals surface area contributed by atoms with Crippen molar-refractivity contribution in [3.8, 4) is 0 Å². The monoisotopic (exact) mass is 227 g/mol. The first kappa shape index (κ1) is 12.3. The third-order valence-electron chi connectivity index (χ3n) is 3.67. The van der Waals surface area contributed by atoms with Crippen LogP contribution in [0.1, 0.15) is 46.0 Å². The Morgan fingerprint density at radius 3 is 2.56 bits per heavy atom. The Hall–Kier alpha value is -0.120. The molecule has 3 nitrogen and oxygen atoms in total. The van der Waals surface area contributed by atoms with Crippen molar-refractivity contribution in [3.05, 3.63) is 0 Å². The van der Waals surface area contributed by atoms with Crippen LogP contribution in [-0.4, -0.2) is 31.6 Å². The third kappa shape index (κ3) is 3.44. The number of hydrogen-bond acceptors (Lipinski definition) is 3. The van der Waals surface area contributed by atoms with Crippen molar-refractivity contribution in [2.45, 2.75) is 57.8 Å². The zero-order valence-corrected chi connectivity index (χ0v) is 10.6. The first-order chi connectivity index (χ1) is 7.73. The van der Waals surface area contributed by atoms with Gasteiger partial charge in [-0.2, -0.15) is 0 Å². The van der Waals surface area contributed by atoms with Crippen molar-refractivity contribution in [2.75, 3.05) is 19.8 Å². The predicted octanol–water partition coefficient (Wildman–Crippen LogP) is 2.31. The minimum atomic E-state index is -0.326. The van der Waals surface area contributed by atoms with Gasteiger partial charge in [0, 0.05) is 19.0 Å². The molecule has 1 aliphatic carbocycles. The van der Waals surface area contributed by atoms with Crippen LogP contribution in [0.2, 0.25) is 0 Å². The van der Waals surface area contributed by atoms with Crippen molar-refractivity contribution in [3.63, 3.8) is 0 Å². The SMILES string of the molecule is CCCC(NCCC1(C)OCCO1)C1CC1. The fourth-order valence-electron chi connectivity index (χ4n) is 2.50. The second kappa shape index (κ2) is 5.48. The number of hydrogen-bond donors (Lipinski definition) is 1. The van der Waals surface area contributed by atoms with Crippen LogP contribution >= 0.6 is 0 Å². The van der Waals surface area contributed by atoms with Crippen LogP contribution in [0.25, 0.3) is 0 Å². The molecule has 1 atom stereocenters. The van der Waals surface area contributed by atoms with Gasteiger partial charge in [-0.05, 0) is 32.1 Å². The van der Waals surface area contributed by atoms with Crippen LogP contribution in [-0.2, 0) is 9.47 Å². The van der Waals surface area contributed by atoms with E-state index in [1.165, 1.54) is 25.7 Å². The molecular formula is C13H25NO2. The quantitative estimate of drug-likeness (QED) is 0.724. The molecule has 0 aromatic carbocycles. The second-order valence-electron chi connectivity index (χ2n) is 5.27. The number of nitrogens with one attached hydrogen (secondary N) is 1. The van der Waals surface area contributed by atoms with E-state index in [9.17, 15) is 0 Å². The Balaban J connectivity index is 1.65. The average molecular weight is 227 g/mol. The minimum absolute atomic E-state index is 0.326. The van der Waals surface area contributed by atoms with Gasteiger partial charge in [0.05, 0.1) is 13.2 Å². The van der Waals surface area contributed by atoms with E-state index in [0.717, 1.165) is 38.1 Å². The molecule has 94 valence electrons. The maximum absolute atomic E-state index is 5.60. The highest BCUT2D eigenvalue weighted by Crippen LogP contribution is 2.34. The highest BCUT2D eigenvalue weighted by molar-refractivity contribution is 4.86. The molecule has 1 unspecified atom stereocenters. The van der Waals surface area contributed by atoms with E-state index >= 15 is 0 Å². The lowest BCUT2D eigenvalue weighted by Crippen LogP contribution is -2.37. The summed E-state index contributed by atoms with van der Waals surface area (Å²) < 4.78 is 11.2. The molecule has 16 heavy (non-hydrogen) atoms. The largest absolute Gasteiger partial charge is 0.348 e. The smallest absolute Gasteiger partial charge is 0.166 e. The molecule has 1 heterocycles. The van der Waals surface area contributed by atoms with Gasteiger partial charge in [-0.25, -0.2) is 0 Å². The maximum Gasteiger partial charge on any atom is 0.166 e. The van der Waals surface area contributed by atoms with Crippen LogP contribution in [0.4, 0.5) is 0 Å². The summed E-state index contributed by atoms with van der Waals surface area (Å²) in [4.78, 5) is 0. The van der Waals surface area contributed by atoms with Gasteiger partial charge < -0.3 is 14.8 Å². The average Bonchev–Trinajstić information content (AvgIpc) is 3.01. The summed E-state index contributed by atoms with van der Waals surface area (Å²) >= 11 is 0. The lowest BCUT2D eigenvalue weighted by Gasteiger charge is -2.24. The van der Waals surface area contributed by atoms with Crippen LogP contribution in [0, 0.1) is 5.92 Å². The van der Waals surface area contributed by atoms with Gasteiger partial charge in [0.2, 0.25) is 0 Å². The van der Waals surface area contributed by atoms with Crippen molar-refractivity contribution in [2.24, 2.45) is 5.92 Å².